The Morgan fingerprint density at radius 2 is 2.42 bits per heavy atom. The number of methoxy groups -OCH3 is 1. The largest absolute Gasteiger partial charge is 0.466 e. The maximum atomic E-state index is 10.6. The van der Waals surface area contributed by atoms with Crippen molar-refractivity contribution in [2.75, 3.05) is 12.9 Å². The summed E-state index contributed by atoms with van der Waals surface area (Å²) in [4.78, 5) is 10.6. The molecule has 12 heavy (non-hydrogen) atoms. The van der Waals surface area contributed by atoms with Crippen LogP contribution < -0.4 is 5.73 Å². The fourth-order valence-corrected chi connectivity index (χ4v) is 1.27. The molecule has 4 heteroatoms. The van der Waals surface area contributed by atoms with Crippen LogP contribution in [0.15, 0.2) is 11.5 Å². The van der Waals surface area contributed by atoms with Crippen LogP contribution in [-0.4, -0.2) is 24.9 Å². The van der Waals surface area contributed by atoms with E-state index < -0.39 is 0 Å². The molecule has 2 N–H and O–H groups in total. The quantitative estimate of drug-likeness (QED) is 0.520. The average Bonchev–Trinajstić information content (AvgIpc) is 2.11. The van der Waals surface area contributed by atoms with Crippen LogP contribution in [0.4, 0.5) is 0 Å². The predicted molar refractivity (Wildman–Crippen MR) is 51.9 cm³/mol. The van der Waals surface area contributed by atoms with Crippen LogP contribution in [0.25, 0.3) is 0 Å². The lowest BCUT2D eigenvalue weighted by Crippen LogP contribution is -2.20. The molecule has 0 aliphatic rings. The minimum absolute atomic E-state index is 0.206. The van der Waals surface area contributed by atoms with E-state index >= 15 is 0 Å². The maximum Gasteiger partial charge on any atom is 0.330 e. The van der Waals surface area contributed by atoms with Crippen molar-refractivity contribution >= 4 is 17.7 Å². The molecule has 0 spiro atoms. The maximum absolute atomic E-state index is 10.6. The van der Waals surface area contributed by atoms with Gasteiger partial charge in [0.1, 0.15) is 0 Å². The van der Waals surface area contributed by atoms with Gasteiger partial charge in [0.15, 0.2) is 0 Å². The van der Waals surface area contributed by atoms with Gasteiger partial charge in [-0.2, -0.15) is 0 Å². The lowest BCUT2D eigenvalue weighted by molar-refractivity contribution is -0.134. The molecule has 0 fully saturated rings. The summed E-state index contributed by atoms with van der Waals surface area (Å²) in [6.45, 7) is 2.04. The predicted octanol–water partition coefficient (Wildman–Crippen LogP) is 1.14. The number of carbonyl (C=O) groups is 1. The molecule has 70 valence electrons. The second-order valence-corrected chi connectivity index (χ2v) is 3.27. The third-order valence-corrected chi connectivity index (χ3v) is 2.29. The molecule has 0 aromatic heterocycles. The Balaban J connectivity index is 3.42. The summed E-state index contributed by atoms with van der Waals surface area (Å²) in [6.07, 6.45) is 2.35. The Morgan fingerprint density at radius 3 is 2.92 bits per heavy atom. The molecule has 0 rings (SSSR count). The van der Waals surface area contributed by atoms with Gasteiger partial charge >= 0.3 is 5.97 Å². The van der Waals surface area contributed by atoms with E-state index in [0.717, 1.165) is 12.2 Å². The van der Waals surface area contributed by atoms with Gasteiger partial charge in [0.05, 0.1) is 7.11 Å². The third kappa shape index (κ3) is 6.24. The van der Waals surface area contributed by atoms with Crippen LogP contribution in [0.2, 0.25) is 0 Å². The van der Waals surface area contributed by atoms with Gasteiger partial charge in [-0.1, -0.05) is 6.92 Å². The highest BCUT2D eigenvalue weighted by Gasteiger charge is 1.96. The topological polar surface area (TPSA) is 52.3 Å². The van der Waals surface area contributed by atoms with E-state index in [4.69, 9.17) is 5.73 Å². The van der Waals surface area contributed by atoms with Crippen molar-refractivity contribution in [1.29, 1.82) is 0 Å². The second kappa shape index (κ2) is 7.18. The van der Waals surface area contributed by atoms with Crippen LogP contribution in [0.1, 0.15) is 13.3 Å². The first kappa shape index (κ1) is 11.5. The Labute approximate surface area is 77.3 Å². The standard InChI is InChI=1S/C8H15NO2S/c1-3-7(9)6-12-5-4-8(10)11-2/h4-5,7H,3,6,9H2,1-2H3. The normalized spacial score (nSPS) is 13.2. The van der Waals surface area contributed by atoms with E-state index in [0.29, 0.717) is 0 Å². The molecular weight excluding hydrogens is 174 g/mol. The molecule has 0 bridgehead atoms. The summed E-state index contributed by atoms with van der Waals surface area (Å²) >= 11 is 1.52. The number of rotatable bonds is 5. The monoisotopic (exact) mass is 189 g/mol. The summed E-state index contributed by atoms with van der Waals surface area (Å²) in [6, 6.07) is 0.206. The molecule has 0 heterocycles. The van der Waals surface area contributed by atoms with Crippen LogP contribution in [-0.2, 0) is 9.53 Å². The zero-order valence-electron chi connectivity index (χ0n) is 7.45. The molecule has 0 amide bonds. The lowest BCUT2D eigenvalue weighted by atomic mass is 10.3. The summed E-state index contributed by atoms with van der Waals surface area (Å²) in [7, 11) is 1.36. The first-order chi connectivity index (χ1) is 5.70. The zero-order valence-corrected chi connectivity index (χ0v) is 8.26. The number of carbonyl (C=O) groups excluding carboxylic acids is 1. The fourth-order valence-electron chi connectivity index (χ4n) is 0.469. The van der Waals surface area contributed by atoms with Crippen molar-refractivity contribution in [2.24, 2.45) is 5.73 Å². The van der Waals surface area contributed by atoms with Gasteiger partial charge in [0, 0.05) is 17.9 Å². The fraction of sp³-hybridized carbons (Fsp3) is 0.625. The van der Waals surface area contributed by atoms with Gasteiger partial charge in [0.25, 0.3) is 0 Å². The van der Waals surface area contributed by atoms with E-state index in [1.54, 1.807) is 5.41 Å². The van der Waals surface area contributed by atoms with Crippen molar-refractivity contribution in [2.45, 2.75) is 19.4 Å². The number of ether oxygens (including phenoxy) is 1. The Hall–Kier alpha value is -0.480. The molecule has 0 saturated heterocycles. The van der Waals surface area contributed by atoms with E-state index in [1.165, 1.54) is 24.9 Å². The highest BCUT2D eigenvalue weighted by Crippen LogP contribution is 2.05. The van der Waals surface area contributed by atoms with E-state index in [-0.39, 0.29) is 12.0 Å². The number of hydrogen-bond acceptors (Lipinski definition) is 4. The highest BCUT2D eigenvalue weighted by molar-refractivity contribution is 8.02. The minimum atomic E-state index is -0.326. The number of nitrogens with two attached hydrogens (primary N) is 1. The Kier molecular flexibility index (Phi) is 6.90. The summed E-state index contributed by atoms with van der Waals surface area (Å²) in [5.41, 5.74) is 5.65. The molecule has 0 saturated carbocycles. The van der Waals surface area contributed by atoms with Gasteiger partial charge in [-0.25, -0.2) is 4.79 Å². The van der Waals surface area contributed by atoms with Crippen molar-refractivity contribution in [3.05, 3.63) is 11.5 Å². The Morgan fingerprint density at radius 1 is 1.75 bits per heavy atom. The van der Waals surface area contributed by atoms with E-state index in [1.807, 2.05) is 6.92 Å². The van der Waals surface area contributed by atoms with Crippen LogP contribution in [0.3, 0.4) is 0 Å². The molecule has 0 aromatic carbocycles. The first-order valence-electron chi connectivity index (χ1n) is 3.82. The van der Waals surface area contributed by atoms with Crippen molar-refractivity contribution in [3.8, 4) is 0 Å². The second-order valence-electron chi connectivity index (χ2n) is 2.33. The summed E-state index contributed by atoms with van der Waals surface area (Å²) < 4.78 is 4.41. The SMILES string of the molecule is CCC(N)CSC=CC(=O)OC. The number of hydrogen-bond donors (Lipinski definition) is 1. The molecule has 3 nitrogen and oxygen atoms in total. The van der Waals surface area contributed by atoms with Gasteiger partial charge in [-0.05, 0) is 11.8 Å². The zero-order chi connectivity index (χ0) is 9.40. The minimum Gasteiger partial charge on any atom is -0.466 e. The average molecular weight is 189 g/mol. The molecular formula is C8H15NO2S. The van der Waals surface area contributed by atoms with Gasteiger partial charge < -0.3 is 10.5 Å². The van der Waals surface area contributed by atoms with E-state index in [9.17, 15) is 4.79 Å². The number of thioether (sulfide) groups is 1. The van der Waals surface area contributed by atoms with Crippen LogP contribution in [0, 0.1) is 0 Å². The van der Waals surface area contributed by atoms with Crippen molar-refractivity contribution in [1.82, 2.24) is 0 Å². The van der Waals surface area contributed by atoms with Gasteiger partial charge in [-0.15, -0.1) is 11.8 Å². The van der Waals surface area contributed by atoms with Crippen molar-refractivity contribution < 1.29 is 9.53 Å². The first-order valence-corrected chi connectivity index (χ1v) is 4.87. The molecule has 1 atom stereocenters. The van der Waals surface area contributed by atoms with E-state index in [2.05, 4.69) is 4.74 Å². The highest BCUT2D eigenvalue weighted by atomic mass is 32.2. The molecule has 0 aliphatic heterocycles. The molecule has 1 unspecified atom stereocenters. The Bertz CT molecular complexity index is 159. The molecule has 0 aromatic rings. The third-order valence-electron chi connectivity index (χ3n) is 1.34. The smallest absolute Gasteiger partial charge is 0.330 e. The van der Waals surface area contributed by atoms with Crippen LogP contribution in [0.5, 0.6) is 0 Å². The van der Waals surface area contributed by atoms with Gasteiger partial charge in [-0.3, -0.25) is 0 Å². The van der Waals surface area contributed by atoms with Crippen LogP contribution >= 0.6 is 11.8 Å². The summed E-state index contributed by atoms with van der Waals surface area (Å²) in [5.74, 6) is 0.511. The lowest BCUT2D eigenvalue weighted by Gasteiger charge is -2.03. The number of esters is 1. The molecule has 0 radical (unpaired) electrons. The van der Waals surface area contributed by atoms with Gasteiger partial charge in [0.2, 0.25) is 0 Å². The van der Waals surface area contributed by atoms with Crippen molar-refractivity contribution in [3.63, 3.8) is 0 Å². The molecule has 0 aliphatic carbocycles. The summed E-state index contributed by atoms with van der Waals surface area (Å²) in [5, 5.41) is 1.71.